The maximum Gasteiger partial charge on any atom is 0.376 e. The van der Waals surface area contributed by atoms with Gasteiger partial charge in [0.1, 0.15) is 5.25 Å². The molecule has 0 saturated carbocycles. The van der Waals surface area contributed by atoms with Gasteiger partial charge in [-0.15, -0.1) is 11.3 Å². The van der Waals surface area contributed by atoms with E-state index < -0.39 is 23.1 Å². The van der Waals surface area contributed by atoms with Gasteiger partial charge >= 0.3 is 5.97 Å². The van der Waals surface area contributed by atoms with E-state index in [-0.39, 0.29) is 5.78 Å². The van der Waals surface area contributed by atoms with Crippen molar-refractivity contribution in [2.24, 2.45) is 0 Å². The fourth-order valence-electron chi connectivity index (χ4n) is 2.57. The van der Waals surface area contributed by atoms with Gasteiger partial charge in [-0.1, -0.05) is 54.2 Å². The van der Waals surface area contributed by atoms with Gasteiger partial charge in [-0.2, -0.15) is 0 Å². The average molecular weight is 369 g/mol. The van der Waals surface area contributed by atoms with Crippen molar-refractivity contribution in [1.82, 2.24) is 4.98 Å². The summed E-state index contributed by atoms with van der Waals surface area (Å²) in [5.74, 6) is -2.04. The maximum absolute atomic E-state index is 12.7. The van der Waals surface area contributed by atoms with Gasteiger partial charge < -0.3 is 4.74 Å². The van der Waals surface area contributed by atoms with E-state index in [0.29, 0.717) is 9.90 Å². The predicted octanol–water partition coefficient (Wildman–Crippen LogP) is 3.13. The molecule has 124 valence electrons. The van der Waals surface area contributed by atoms with Crippen LogP contribution in [0, 0.1) is 0 Å². The number of hydrogen-bond acceptors (Lipinski definition) is 7. The fraction of sp³-hybridized carbons (Fsp3) is 0.111. The number of aromatic nitrogens is 1. The van der Waals surface area contributed by atoms with Crippen molar-refractivity contribution in [1.29, 1.82) is 0 Å². The number of hydrogen-bond donors (Lipinski definition) is 0. The zero-order valence-corrected chi connectivity index (χ0v) is 14.4. The molecule has 1 saturated heterocycles. The molecule has 2 aromatic carbocycles. The molecule has 1 fully saturated rings. The molecule has 7 heteroatoms. The minimum atomic E-state index is -1.13. The molecule has 0 amide bonds. The second kappa shape index (κ2) is 6.42. The molecule has 1 aliphatic rings. The Morgan fingerprint density at radius 3 is 2.52 bits per heavy atom. The van der Waals surface area contributed by atoms with Crippen LogP contribution in [0.4, 0.5) is 0 Å². The number of carbonyl (C=O) groups is 3. The summed E-state index contributed by atoms with van der Waals surface area (Å²) in [7, 11) is 0. The monoisotopic (exact) mass is 369 g/mol. The summed E-state index contributed by atoms with van der Waals surface area (Å²) in [5, 5.41) is -0.916. The van der Waals surface area contributed by atoms with Crippen molar-refractivity contribution >= 4 is 50.9 Å². The van der Waals surface area contributed by atoms with E-state index in [0.717, 1.165) is 22.0 Å². The molecule has 25 heavy (non-hydrogen) atoms. The van der Waals surface area contributed by atoms with Crippen LogP contribution in [-0.2, 0) is 14.3 Å². The lowest BCUT2D eigenvalue weighted by atomic mass is 10.0. The van der Waals surface area contributed by atoms with Gasteiger partial charge in [0.25, 0.3) is 5.78 Å². The number of thioether (sulfide) groups is 1. The molecule has 4 rings (SSSR count). The normalized spacial score (nSPS) is 20.0. The zero-order chi connectivity index (χ0) is 17.4. The lowest BCUT2D eigenvalue weighted by molar-refractivity contribution is -0.148. The van der Waals surface area contributed by atoms with Crippen LogP contribution in [0.5, 0.6) is 0 Å². The predicted molar refractivity (Wildman–Crippen MR) is 94.9 cm³/mol. The van der Waals surface area contributed by atoms with Crippen LogP contribution in [0.15, 0.2) is 58.9 Å². The number of fused-ring (bicyclic) bond motifs is 1. The van der Waals surface area contributed by atoms with Crippen LogP contribution in [0.1, 0.15) is 10.4 Å². The second-order valence-electron chi connectivity index (χ2n) is 5.41. The molecule has 0 N–H and O–H groups in total. The lowest BCUT2D eigenvalue weighted by Gasteiger charge is -2.13. The van der Waals surface area contributed by atoms with E-state index in [1.165, 1.54) is 11.3 Å². The number of thiazole rings is 1. The molecule has 5 nitrogen and oxygen atoms in total. The summed E-state index contributed by atoms with van der Waals surface area (Å²) in [6, 6.07) is 16.1. The van der Waals surface area contributed by atoms with Crippen molar-refractivity contribution in [2.75, 3.05) is 0 Å². The molecule has 0 bridgehead atoms. The van der Waals surface area contributed by atoms with Crippen molar-refractivity contribution in [3.63, 3.8) is 0 Å². The standard InChI is InChI=1S/C18H11NO4S2/c20-13(10-6-2-1-3-7-10)15-16(14(21)17(22)23-15)25-18-19-11-8-4-5-9-12(11)24-18/h1-9,15-16H. The Balaban J connectivity index is 1.64. The Hall–Kier alpha value is -2.51. The molecule has 2 atom stereocenters. The molecule has 0 radical (unpaired) electrons. The maximum atomic E-state index is 12.7. The lowest BCUT2D eigenvalue weighted by Crippen LogP contribution is -2.31. The largest absolute Gasteiger partial charge is 0.446 e. The van der Waals surface area contributed by atoms with Gasteiger partial charge in [-0.3, -0.25) is 9.59 Å². The van der Waals surface area contributed by atoms with Gasteiger partial charge in [-0.05, 0) is 12.1 Å². The summed E-state index contributed by atoms with van der Waals surface area (Å²) < 4.78 is 6.68. The SMILES string of the molecule is O=C1OC(C(=O)c2ccccc2)C(Sc2nc3ccccc3s2)C1=O. The summed E-state index contributed by atoms with van der Waals surface area (Å²) in [6.45, 7) is 0. The minimum Gasteiger partial charge on any atom is -0.446 e. The van der Waals surface area contributed by atoms with Crippen LogP contribution < -0.4 is 0 Å². The molecular formula is C18H11NO4S2. The summed E-state index contributed by atoms with van der Waals surface area (Å²) in [6.07, 6.45) is -1.13. The average Bonchev–Trinajstić information content (AvgIpc) is 3.17. The van der Waals surface area contributed by atoms with Crippen LogP contribution in [0.25, 0.3) is 10.2 Å². The molecule has 3 aromatic rings. The number of cyclic esters (lactones) is 1. The van der Waals surface area contributed by atoms with Gasteiger partial charge in [0.2, 0.25) is 5.78 Å². The summed E-state index contributed by atoms with van der Waals surface area (Å²) in [4.78, 5) is 41.0. The third-order valence-corrected chi connectivity index (χ3v) is 6.17. The van der Waals surface area contributed by atoms with E-state index in [1.807, 2.05) is 24.3 Å². The van der Waals surface area contributed by atoms with E-state index >= 15 is 0 Å². The molecule has 2 heterocycles. The Morgan fingerprint density at radius 1 is 1.04 bits per heavy atom. The highest BCUT2D eigenvalue weighted by Crippen LogP contribution is 2.37. The van der Waals surface area contributed by atoms with E-state index in [1.54, 1.807) is 30.3 Å². The Kier molecular flexibility index (Phi) is 4.10. The first kappa shape index (κ1) is 16.0. The number of Topliss-reactive ketones (excluding diaryl/α,β-unsaturated/α-hetero) is 2. The molecule has 2 unspecified atom stereocenters. The first-order chi connectivity index (χ1) is 12.1. The number of nitrogens with zero attached hydrogens (tertiary/aromatic N) is 1. The highest BCUT2D eigenvalue weighted by Gasteiger charge is 2.48. The minimum absolute atomic E-state index is 0.376. The van der Waals surface area contributed by atoms with Crippen molar-refractivity contribution in [3.8, 4) is 0 Å². The van der Waals surface area contributed by atoms with Crippen LogP contribution in [0.3, 0.4) is 0 Å². The van der Waals surface area contributed by atoms with Crippen molar-refractivity contribution in [2.45, 2.75) is 15.7 Å². The number of para-hydroxylation sites is 1. The van der Waals surface area contributed by atoms with Gasteiger partial charge in [-0.25, -0.2) is 9.78 Å². The summed E-state index contributed by atoms with van der Waals surface area (Å²) >= 11 is 2.53. The Morgan fingerprint density at radius 2 is 1.76 bits per heavy atom. The number of carbonyl (C=O) groups excluding carboxylic acids is 3. The quantitative estimate of drug-likeness (QED) is 0.400. The second-order valence-corrected chi connectivity index (χ2v) is 7.83. The fourth-order valence-corrected chi connectivity index (χ4v) is 4.92. The number of ether oxygens (including phenoxy) is 1. The Labute approximate surface area is 151 Å². The van der Waals surface area contributed by atoms with E-state index in [4.69, 9.17) is 4.74 Å². The van der Waals surface area contributed by atoms with Crippen LogP contribution >= 0.6 is 23.1 Å². The van der Waals surface area contributed by atoms with E-state index in [9.17, 15) is 14.4 Å². The summed E-state index contributed by atoms with van der Waals surface area (Å²) in [5.41, 5.74) is 1.23. The van der Waals surface area contributed by atoms with Crippen LogP contribution in [0.2, 0.25) is 0 Å². The van der Waals surface area contributed by atoms with Gasteiger partial charge in [0.15, 0.2) is 10.4 Å². The number of rotatable bonds is 4. The molecule has 0 aliphatic carbocycles. The van der Waals surface area contributed by atoms with Crippen molar-refractivity contribution < 1.29 is 19.1 Å². The Bertz CT molecular complexity index is 950. The number of benzene rings is 2. The molecule has 0 spiro atoms. The smallest absolute Gasteiger partial charge is 0.376 e. The highest BCUT2D eigenvalue weighted by atomic mass is 32.2. The number of ketones is 2. The highest BCUT2D eigenvalue weighted by molar-refractivity contribution is 8.02. The third kappa shape index (κ3) is 2.96. The van der Waals surface area contributed by atoms with E-state index in [2.05, 4.69) is 4.98 Å². The van der Waals surface area contributed by atoms with Gasteiger partial charge in [0, 0.05) is 5.56 Å². The molecule has 1 aliphatic heterocycles. The number of esters is 1. The zero-order valence-electron chi connectivity index (χ0n) is 12.7. The first-order valence-corrected chi connectivity index (χ1v) is 9.19. The molecular weight excluding hydrogens is 358 g/mol. The third-order valence-electron chi connectivity index (χ3n) is 3.79. The topological polar surface area (TPSA) is 73.3 Å². The van der Waals surface area contributed by atoms with Gasteiger partial charge in [0.05, 0.1) is 10.2 Å². The van der Waals surface area contributed by atoms with Crippen molar-refractivity contribution in [3.05, 3.63) is 60.2 Å². The molecule has 1 aromatic heterocycles. The van der Waals surface area contributed by atoms with Crippen LogP contribution in [-0.4, -0.2) is 33.9 Å². The first-order valence-electron chi connectivity index (χ1n) is 7.50.